The minimum absolute atomic E-state index is 0.0376. The van der Waals surface area contributed by atoms with E-state index in [0.717, 1.165) is 5.75 Å². The first-order chi connectivity index (χ1) is 15.8. The molecule has 1 aliphatic rings. The third-order valence-electron chi connectivity index (χ3n) is 4.99. The van der Waals surface area contributed by atoms with Gasteiger partial charge in [0.1, 0.15) is 12.4 Å². The van der Waals surface area contributed by atoms with Crippen LogP contribution in [0.2, 0.25) is 0 Å². The summed E-state index contributed by atoms with van der Waals surface area (Å²) < 4.78 is 10.1. The van der Waals surface area contributed by atoms with Gasteiger partial charge in [-0.15, -0.1) is 0 Å². The fourth-order valence-electron chi connectivity index (χ4n) is 3.49. The topological polar surface area (TPSA) is 110 Å². The van der Waals surface area contributed by atoms with E-state index in [-0.39, 0.29) is 12.2 Å². The lowest BCUT2D eigenvalue weighted by Crippen LogP contribution is -2.31. The molecule has 0 bridgehead atoms. The Hall–Kier alpha value is -3.33. The smallest absolute Gasteiger partial charge is 0.337 e. The highest BCUT2D eigenvalue weighted by Crippen LogP contribution is 2.40. The number of benzene rings is 1. The van der Waals surface area contributed by atoms with Crippen LogP contribution in [0.4, 0.5) is 5.82 Å². The average molecular weight is 470 g/mol. The lowest BCUT2D eigenvalue weighted by atomic mass is 9.82. The van der Waals surface area contributed by atoms with Gasteiger partial charge in [0.2, 0.25) is 0 Å². The van der Waals surface area contributed by atoms with Crippen molar-refractivity contribution in [1.82, 2.24) is 9.97 Å². The molecule has 0 saturated carbocycles. The van der Waals surface area contributed by atoms with Gasteiger partial charge in [-0.1, -0.05) is 50.4 Å². The molecule has 1 aliphatic heterocycles. The summed E-state index contributed by atoms with van der Waals surface area (Å²) in [5.74, 6) is -0.149. The summed E-state index contributed by atoms with van der Waals surface area (Å²) in [7, 11) is 1.30. The Labute approximate surface area is 196 Å². The predicted octanol–water partition coefficient (Wildman–Crippen LogP) is 3.87. The second-order valence-electron chi connectivity index (χ2n) is 7.94. The summed E-state index contributed by atoms with van der Waals surface area (Å²) in [6.07, 6.45) is 1.48. The molecular formula is C24H27N3O5S. The van der Waals surface area contributed by atoms with Crippen molar-refractivity contribution in [3.8, 4) is 0 Å². The number of methoxy groups -OCH3 is 1. The number of aromatic nitrogens is 2. The third kappa shape index (κ3) is 5.36. The van der Waals surface area contributed by atoms with Gasteiger partial charge in [-0.25, -0.2) is 14.6 Å². The molecule has 1 atom stereocenters. The normalized spacial score (nSPS) is 15.0. The van der Waals surface area contributed by atoms with Crippen LogP contribution in [0.5, 0.6) is 0 Å². The molecule has 0 radical (unpaired) electrons. The quantitative estimate of drug-likeness (QED) is 0.260. The number of hydrogen-bond donors (Lipinski definition) is 2. The summed E-state index contributed by atoms with van der Waals surface area (Å²) in [5, 5.41) is 3.61. The zero-order valence-corrected chi connectivity index (χ0v) is 19.9. The highest BCUT2D eigenvalue weighted by molar-refractivity contribution is 7.99. The third-order valence-corrected chi connectivity index (χ3v) is 6.29. The van der Waals surface area contributed by atoms with Crippen LogP contribution in [0.3, 0.4) is 0 Å². The number of anilines is 1. The van der Waals surface area contributed by atoms with Crippen LogP contribution in [0.15, 0.2) is 58.1 Å². The fourth-order valence-corrected chi connectivity index (χ4v) is 4.30. The highest BCUT2D eigenvalue weighted by atomic mass is 32.2. The molecule has 0 saturated heterocycles. The van der Waals surface area contributed by atoms with E-state index in [2.05, 4.69) is 35.7 Å². The average Bonchev–Trinajstić information content (AvgIpc) is 2.79. The van der Waals surface area contributed by atoms with Gasteiger partial charge in [-0.05, 0) is 30.5 Å². The lowest BCUT2D eigenvalue weighted by Gasteiger charge is -2.29. The van der Waals surface area contributed by atoms with E-state index >= 15 is 0 Å². The second-order valence-corrected chi connectivity index (χ2v) is 8.94. The molecule has 1 unspecified atom stereocenters. The molecule has 9 heteroatoms. The van der Waals surface area contributed by atoms with E-state index in [0.29, 0.717) is 44.9 Å². The number of esters is 2. The standard InChI is InChI=1S/C24H27N3O5S/c1-6-11-32-23(30)17-14(4)25-20-19(21(28)27-24(26-20)33-12-13(2)3)18(17)15-7-9-16(10-8-15)22(29)31-5/h6-10,13,18H,1,11-12H2,2-5H3,(H2,25,26,27,28). The van der Waals surface area contributed by atoms with Gasteiger partial charge in [0.15, 0.2) is 5.16 Å². The van der Waals surface area contributed by atoms with Crippen LogP contribution in [-0.4, -0.2) is 41.4 Å². The molecule has 1 aromatic carbocycles. The van der Waals surface area contributed by atoms with E-state index in [4.69, 9.17) is 9.47 Å². The number of rotatable bonds is 8. The fraction of sp³-hybridized carbons (Fsp3) is 0.333. The van der Waals surface area contributed by atoms with Gasteiger partial charge in [-0.3, -0.25) is 4.79 Å². The van der Waals surface area contributed by atoms with Crippen LogP contribution in [0.25, 0.3) is 0 Å². The summed E-state index contributed by atoms with van der Waals surface area (Å²) in [6.45, 7) is 9.53. The van der Waals surface area contributed by atoms with E-state index in [1.807, 2.05) is 0 Å². The van der Waals surface area contributed by atoms with Crippen molar-refractivity contribution in [2.75, 3.05) is 24.8 Å². The first kappa shape index (κ1) is 24.3. The zero-order chi connectivity index (χ0) is 24.1. The molecule has 1 aromatic heterocycles. The number of carbonyl (C=O) groups excluding carboxylic acids is 2. The number of ether oxygens (including phenoxy) is 2. The molecule has 8 nitrogen and oxygen atoms in total. The molecule has 33 heavy (non-hydrogen) atoms. The van der Waals surface area contributed by atoms with E-state index in [1.54, 1.807) is 31.2 Å². The van der Waals surface area contributed by atoms with Gasteiger partial charge in [-0.2, -0.15) is 0 Å². The predicted molar refractivity (Wildman–Crippen MR) is 128 cm³/mol. The summed E-state index contributed by atoms with van der Waals surface area (Å²) in [4.78, 5) is 45.5. The maximum absolute atomic E-state index is 13.2. The van der Waals surface area contributed by atoms with Gasteiger partial charge in [0.25, 0.3) is 5.56 Å². The van der Waals surface area contributed by atoms with Crippen molar-refractivity contribution in [3.05, 3.63) is 75.2 Å². The number of H-pyrrole nitrogens is 1. The lowest BCUT2D eigenvalue weighted by molar-refractivity contribution is -0.138. The Morgan fingerprint density at radius 1 is 1.24 bits per heavy atom. The first-order valence-corrected chi connectivity index (χ1v) is 11.5. The number of fused-ring (bicyclic) bond motifs is 1. The largest absolute Gasteiger partial charge is 0.465 e. The van der Waals surface area contributed by atoms with Crippen LogP contribution in [0.1, 0.15) is 48.2 Å². The maximum atomic E-state index is 13.2. The van der Waals surface area contributed by atoms with E-state index in [9.17, 15) is 14.4 Å². The minimum Gasteiger partial charge on any atom is -0.465 e. The van der Waals surface area contributed by atoms with E-state index in [1.165, 1.54) is 24.9 Å². The van der Waals surface area contributed by atoms with E-state index < -0.39 is 17.9 Å². The molecule has 0 amide bonds. The molecule has 0 fully saturated rings. The zero-order valence-electron chi connectivity index (χ0n) is 19.1. The second kappa shape index (κ2) is 10.5. The number of thioether (sulfide) groups is 1. The number of nitrogens with zero attached hydrogens (tertiary/aromatic N) is 1. The first-order valence-electron chi connectivity index (χ1n) is 10.5. The monoisotopic (exact) mass is 469 g/mol. The van der Waals surface area contributed by atoms with Crippen molar-refractivity contribution >= 4 is 29.5 Å². The van der Waals surface area contributed by atoms with Crippen LogP contribution < -0.4 is 10.9 Å². The van der Waals surface area contributed by atoms with Gasteiger partial charge < -0.3 is 19.8 Å². The molecule has 2 heterocycles. The molecule has 0 aliphatic carbocycles. The Kier molecular flexibility index (Phi) is 7.75. The van der Waals surface area contributed by atoms with Crippen molar-refractivity contribution < 1.29 is 19.1 Å². The summed E-state index contributed by atoms with van der Waals surface area (Å²) >= 11 is 1.46. The number of allylic oxidation sites excluding steroid dienone is 1. The Balaban J connectivity index is 2.13. The summed E-state index contributed by atoms with van der Waals surface area (Å²) in [5.41, 5.74) is 1.80. The number of carbonyl (C=O) groups is 2. The van der Waals surface area contributed by atoms with Crippen molar-refractivity contribution in [2.24, 2.45) is 5.92 Å². The Morgan fingerprint density at radius 2 is 1.94 bits per heavy atom. The molecule has 0 spiro atoms. The molecular weight excluding hydrogens is 442 g/mol. The highest BCUT2D eigenvalue weighted by Gasteiger charge is 2.36. The van der Waals surface area contributed by atoms with Crippen molar-refractivity contribution in [2.45, 2.75) is 31.8 Å². The Bertz CT molecular complexity index is 1150. The molecule has 2 aromatic rings. The van der Waals surface area contributed by atoms with Gasteiger partial charge in [0, 0.05) is 11.4 Å². The minimum atomic E-state index is -0.731. The molecule has 174 valence electrons. The molecule has 3 rings (SSSR count). The SMILES string of the molecule is C=CCOC(=O)C1=C(C)Nc2nc(SCC(C)C)[nH]c(=O)c2C1c1ccc(C(=O)OC)cc1. The Morgan fingerprint density at radius 3 is 2.55 bits per heavy atom. The van der Waals surface area contributed by atoms with Crippen LogP contribution >= 0.6 is 11.8 Å². The summed E-state index contributed by atoms with van der Waals surface area (Å²) in [6, 6.07) is 6.58. The van der Waals surface area contributed by atoms with Crippen LogP contribution in [0, 0.1) is 5.92 Å². The van der Waals surface area contributed by atoms with Gasteiger partial charge >= 0.3 is 11.9 Å². The number of aromatic amines is 1. The van der Waals surface area contributed by atoms with Crippen molar-refractivity contribution in [3.63, 3.8) is 0 Å². The maximum Gasteiger partial charge on any atom is 0.337 e. The number of hydrogen-bond acceptors (Lipinski definition) is 8. The van der Waals surface area contributed by atoms with Crippen LogP contribution in [-0.2, 0) is 14.3 Å². The van der Waals surface area contributed by atoms with Gasteiger partial charge in [0.05, 0.1) is 29.7 Å². The molecule has 2 N–H and O–H groups in total. The number of nitrogens with one attached hydrogen (secondary N) is 2. The van der Waals surface area contributed by atoms with Crippen molar-refractivity contribution in [1.29, 1.82) is 0 Å².